The van der Waals surface area contributed by atoms with Crippen LogP contribution in [0.25, 0.3) is 0 Å². The molecule has 0 rings (SSSR count). The largest absolute Gasteiger partial charge is 0.291 e. The average molecular weight is 225 g/mol. The first-order valence-corrected chi connectivity index (χ1v) is 7.22. The smallest absolute Gasteiger partial charge is 0.201 e. The molecule has 0 aromatic carbocycles. The van der Waals surface area contributed by atoms with Crippen molar-refractivity contribution in [1.29, 1.82) is 0 Å². The molecule has 1 heteroatoms. The molecule has 1 radical (unpaired) electrons. The molecule has 0 N–H and O–H groups in total. The van der Waals surface area contributed by atoms with Crippen LogP contribution in [0.2, 0.25) is 0 Å². The lowest BCUT2D eigenvalue weighted by Crippen LogP contribution is -2.01. The molecule has 0 spiro atoms. The molecule has 95 valence electrons. The highest BCUT2D eigenvalue weighted by Crippen LogP contribution is 2.16. The molecule has 16 heavy (non-hydrogen) atoms. The van der Waals surface area contributed by atoms with E-state index in [1.165, 1.54) is 57.8 Å². The van der Waals surface area contributed by atoms with Gasteiger partial charge in [0.1, 0.15) is 0 Å². The van der Waals surface area contributed by atoms with Gasteiger partial charge in [-0.1, -0.05) is 71.6 Å². The van der Waals surface area contributed by atoms with E-state index < -0.39 is 0 Å². The van der Waals surface area contributed by atoms with Gasteiger partial charge in [0.15, 0.2) is 0 Å². The first kappa shape index (κ1) is 15.7. The fourth-order valence-corrected chi connectivity index (χ4v) is 2.07. The lowest BCUT2D eigenvalue weighted by molar-refractivity contribution is 0.455. The van der Waals surface area contributed by atoms with E-state index in [1.807, 2.05) is 0 Å². The molecule has 0 aliphatic rings. The quantitative estimate of drug-likeness (QED) is 0.425. The van der Waals surface area contributed by atoms with Crippen LogP contribution in [0.4, 0.5) is 0 Å². The van der Waals surface area contributed by atoms with Crippen molar-refractivity contribution in [2.75, 3.05) is 0 Å². The van der Waals surface area contributed by atoms with E-state index in [2.05, 4.69) is 20.1 Å². The minimum Gasteiger partial charge on any atom is -0.291 e. The van der Waals surface area contributed by atoms with Crippen molar-refractivity contribution in [3.8, 4) is 0 Å². The lowest BCUT2D eigenvalue weighted by Gasteiger charge is -2.08. The number of rotatable bonds is 12. The van der Waals surface area contributed by atoms with Crippen LogP contribution in [0.1, 0.15) is 84.5 Å². The average Bonchev–Trinajstić information content (AvgIpc) is 2.31. The molecular weight excluding hydrogens is 196 g/mol. The minimum absolute atomic E-state index is 0.220. The van der Waals surface area contributed by atoms with Gasteiger partial charge in [0.05, 0.1) is 0 Å². The Morgan fingerprint density at radius 2 is 1.19 bits per heavy atom. The highest BCUT2D eigenvalue weighted by atomic mass is 16.1. The Balaban J connectivity index is 3.30. The molecule has 0 saturated heterocycles. The van der Waals surface area contributed by atoms with E-state index in [1.54, 1.807) is 0 Å². The van der Waals surface area contributed by atoms with Gasteiger partial charge in [-0.15, -0.1) is 0 Å². The first-order valence-electron chi connectivity index (χ1n) is 7.22. The molecule has 0 bridgehead atoms. The zero-order valence-electron chi connectivity index (χ0n) is 11.3. The van der Waals surface area contributed by atoms with Gasteiger partial charge in [0.2, 0.25) is 6.29 Å². The number of hydrogen-bond donors (Lipinski definition) is 0. The van der Waals surface area contributed by atoms with Crippen molar-refractivity contribution in [2.45, 2.75) is 84.5 Å². The van der Waals surface area contributed by atoms with Gasteiger partial charge >= 0.3 is 0 Å². The molecule has 1 nitrogen and oxygen atoms in total. The summed E-state index contributed by atoms with van der Waals surface area (Å²) in [6.07, 6.45) is 15.9. The molecule has 1 atom stereocenters. The molecule has 0 amide bonds. The van der Waals surface area contributed by atoms with Crippen molar-refractivity contribution in [1.82, 2.24) is 0 Å². The highest BCUT2D eigenvalue weighted by Gasteiger charge is 2.07. The van der Waals surface area contributed by atoms with E-state index in [0.29, 0.717) is 0 Å². The third-order valence-electron chi connectivity index (χ3n) is 3.23. The van der Waals surface area contributed by atoms with Gasteiger partial charge < -0.3 is 0 Å². The Bertz CT molecular complexity index is 142. The summed E-state index contributed by atoms with van der Waals surface area (Å²) >= 11 is 0. The second-order valence-electron chi connectivity index (χ2n) is 4.87. The minimum atomic E-state index is 0.220. The third-order valence-corrected chi connectivity index (χ3v) is 3.23. The van der Waals surface area contributed by atoms with E-state index in [4.69, 9.17) is 0 Å². The maximum Gasteiger partial charge on any atom is 0.201 e. The highest BCUT2D eigenvalue weighted by molar-refractivity contribution is 5.54. The van der Waals surface area contributed by atoms with Crippen molar-refractivity contribution in [3.63, 3.8) is 0 Å². The molecule has 0 fully saturated rings. The SMILES string of the molecule is CCCCCCCCC([C]=O)CCCCC. The van der Waals surface area contributed by atoms with E-state index in [9.17, 15) is 4.79 Å². The Morgan fingerprint density at radius 1 is 0.750 bits per heavy atom. The molecule has 0 aromatic heterocycles. The lowest BCUT2D eigenvalue weighted by atomic mass is 9.96. The van der Waals surface area contributed by atoms with Crippen LogP contribution in [-0.2, 0) is 4.79 Å². The van der Waals surface area contributed by atoms with Crippen LogP contribution in [0.5, 0.6) is 0 Å². The topological polar surface area (TPSA) is 17.1 Å². The van der Waals surface area contributed by atoms with E-state index in [-0.39, 0.29) is 5.92 Å². The Morgan fingerprint density at radius 3 is 1.75 bits per heavy atom. The van der Waals surface area contributed by atoms with E-state index >= 15 is 0 Å². The van der Waals surface area contributed by atoms with Crippen molar-refractivity contribution in [3.05, 3.63) is 0 Å². The molecule has 0 aliphatic heterocycles. The van der Waals surface area contributed by atoms with Gasteiger partial charge in [-0.25, -0.2) is 0 Å². The van der Waals surface area contributed by atoms with Gasteiger partial charge in [-0.05, 0) is 12.8 Å². The Hall–Kier alpha value is -0.330. The van der Waals surface area contributed by atoms with Crippen molar-refractivity contribution in [2.24, 2.45) is 5.92 Å². The second kappa shape index (κ2) is 12.7. The van der Waals surface area contributed by atoms with Crippen molar-refractivity contribution < 1.29 is 4.79 Å². The van der Waals surface area contributed by atoms with Crippen molar-refractivity contribution >= 4 is 6.29 Å². The maximum absolute atomic E-state index is 10.7. The van der Waals surface area contributed by atoms with Gasteiger partial charge in [0.25, 0.3) is 0 Å². The molecular formula is C15H29O. The zero-order valence-corrected chi connectivity index (χ0v) is 11.3. The van der Waals surface area contributed by atoms with Crippen LogP contribution < -0.4 is 0 Å². The first-order chi connectivity index (χ1) is 7.85. The van der Waals surface area contributed by atoms with Crippen LogP contribution in [0, 0.1) is 5.92 Å². The summed E-state index contributed by atoms with van der Waals surface area (Å²) in [5.74, 6) is 0.220. The second-order valence-corrected chi connectivity index (χ2v) is 4.87. The molecule has 0 saturated carbocycles. The molecule has 0 heterocycles. The summed E-state index contributed by atoms with van der Waals surface area (Å²) in [5, 5.41) is 0. The fraction of sp³-hybridized carbons (Fsp3) is 0.933. The molecule has 1 unspecified atom stereocenters. The number of carbonyl (C=O) groups excluding carboxylic acids is 1. The third kappa shape index (κ3) is 10.2. The molecule has 0 aliphatic carbocycles. The molecule has 0 aromatic rings. The van der Waals surface area contributed by atoms with Crippen LogP contribution >= 0.6 is 0 Å². The van der Waals surface area contributed by atoms with Crippen LogP contribution in [-0.4, -0.2) is 6.29 Å². The maximum atomic E-state index is 10.7. The monoisotopic (exact) mass is 225 g/mol. The predicted molar refractivity (Wildman–Crippen MR) is 71.3 cm³/mol. The standard InChI is InChI=1S/C15H29O/c1-3-5-7-8-9-11-13-15(14-16)12-10-6-4-2/h15H,3-13H2,1-2H3. The summed E-state index contributed by atoms with van der Waals surface area (Å²) in [7, 11) is 0. The normalized spacial score (nSPS) is 12.6. The fourth-order valence-electron chi connectivity index (χ4n) is 2.07. The number of unbranched alkanes of at least 4 members (excludes halogenated alkanes) is 7. The predicted octanol–water partition coefficient (Wildman–Crippen LogP) is 5.04. The zero-order chi connectivity index (χ0) is 12.1. The van der Waals surface area contributed by atoms with Gasteiger partial charge in [-0.2, -0.15) is 0 Å². The summed E-state index contributed by atoms with van der Waals surface area (Å²) in [6.45, 7) is 4.44. The van der Waals surface area contributed by atoms with Gasteiger partial charge in [0, 0.05) is 5.92 Å². The Labute approximate surface area is 102 Å². The summed E-state index contributed by atoms with van der Waals surface area (Å²) in [5.41, 5.74) is 0. The van der Waals surface area contributed by atoms with Crippen LogP contribution in [0.3, 0.4) is 0 Å². The van der Waals surface area contributed by atoms with Crippen LogP contribution in [0.15, 0.2) is 0 Å². The van der Waals surface area contributed by atoms with E-state index in [0.717, 1.165) is 12.8 Å². The summed E-state index contributed by atoms with van der Waals surface area (Å²) in [6, 6.07) is 0. The summed E-state index contributed by atoms with van der Waals surface area (Å²) < 4.78 is 0. The Kier molecular flexibility index (Phi) is 12.5. The summed E-state index contributed by atoms with van der Waals surface area (Å²) in [4.78, 5) is 10.7. The van der Waals surface area contributed by atoms with Gasteiger partial charge in [-0.3, -0.25) is 4.79 Å². The number of hydrogen-bond acceptors (Lipinski definition) is 1.